The number of methoxy groups -OCH3 is 1. The van der Waals surface area contributed by atoms with E-state index in [2.05, 4.69) is 36.5 Å². The highest BCUT2D eigenvalue weighted by molar-refractivity contribution is 5.27. The van der Waals surface area contributed by atoms with Crippen LogP contribution in [0.15, 0.2) is 24.3 Å². The first-order valence-corrected chi connectivity index (χ1v) is 7.28. The Morgan fingerprint density at radius 2 is 1.79 bits per heavy atom. The van der Waals surface area contributed by atoms with E-state index >= 15 is 0 Å². The van der Waals surface area contributed by atoms with E-state index in [1.165, 1.54) is 12.0 Å². The van der Waals surface area contributed by atoms with Crippen LogP contribution in [0.1, 0.15) is 38.2 Å². The predicted molar refractivity (Wildman–Crippen MR) is 79.7 cm³/mol. The van der Waals surface area contributed by atoms with Gasteiger partial charge in [-0.2, -0.15) is 0 Å². The molecule has 1 aromatic carbocycles. The second-order valence-corrected chi connectivity index (χ2v) is 4.72. The summed E-state index contributed by atoms with van der Waals surface area (Å²) in [6, 6.07) is 8.36. The molecule has 0 fully saturated rings. The average molecular weight is 265 g/mol. The van der Waals surface area contributed by atoms with Crippen molar-refractivity contribution in [3.05, 3.63) is 29.8 Å². The van der Waals surface area contributed by atoms with Crippen LogP contribution in [0, 0.1) is 0 Å². The Morgan fingerprint density at radius 1 is 1.00 bits per heavy atom. The third-order valence-electron chi connectivity index (χ3n) is 2.97. The molecule has 0 saturated heterocycles. The maximum Gasteiger partial charge on any atom is 0.119 e. The summed E-state index contributed by atoms with van der Waals surface area (Å²) in [5.74, 6) is 0.970. The standard InChI is InChI=1S/C16H27NO2/c1-3-4-13-19-16-9-7-15(8-10-16)14-17-11-5-6-12-18-2/h7-10,17H,3-6,11-14H2,1-2H3. The van der Waals surface area contributed by atoms with Crippen LogP contribution in [0.4, 0.5) is 0 Å². The average Bonchev–Trinajstić information content (AvgIpc) is 2.44. The fraction of sp³-hybridized carbons (Fsp3) is 0.625. The highest BCUT2D eigenvalue weighted by atomic mass is 16.5. The summed E-state index contributed by atoms with van der Waals surface area (Å²) in [5, 5.41) is 3.44. The summed E-state index contributed by atoms with van der Waals surface area (Å²) in [4.78, 5) is 0. The SMILES string of the molecule is CCCCOc1ccc(CNCCCCOC)cc1. The van der Waals surface area contributed by atoms with Crippen molar-refractivity contribution >= 4 is 0 Å². The molecule has 1 rings (SSSR count). The van der Waals surface area contributed by atoms with Gasteiger partial charge in [-0.15, -0.1) is 0 Å². The molecule has 0 atom stereocenters. The number of hydrogen-bond acceptors (Lipinski definition) is 3. The van der Waals surface area contributed by atoms with Crippen molar-refractivity contribution in [3.8, 4) is 5.75 Å². The van der Waals surface area contributed by atoms with Gasteiger partial charge in [0, 0.05) is 20.3 Å². The van der Waals surface area contributed by atoms with Crippen molar-refractivity contribution in [2.24, 2.45) is 0 Å². The zero-order chi connectivity index (χ0) is 13.8. The Morgan fingerprint density at radius 3 is 2.47 bits per heavy atom. The third kappa shape index (κ3) is 7.85. The van der Waals surface area contributed by atoms with E-state index in [4.69, 9.17) is 9.47 Å². The van der Waals surface area contributed by atoms with E-state index in [1.54, 1.807) is 7.11 Å². The van der Waals surface area contributed by atoms with E-state index in [0.29, 0.717) is 0 Å². The van der Waals surface area contributed by atoms with Gasteiger partial charge in [-0.25, -0.2) is 0 Å². The molecule has 0 aliphatic carbocycles. The van der Waals surface area contributed by atoms with Crippen LogP contribution in [0.25, 0.3) is 0 Å². The molecule has 1 aromatic rings. The van der Waals surface area contributed by atoms with Gasteiger partial charge in [0.05, 0.1) is 6.61 Å². The van der Waals surface area contributed by atoms with Gasteiger partial charge < -0.3 is 14.8 Å². The van der Waals surface area contributed by atoms with E-state index in [1.807, 2.05) is 0 Å². The predicted octanol–water partition coefficient (Wildman–Crippen LogP) is 3.38. The normalized spacial score (nSPS) is 10.6. The topological polar surface area (TPSA) is 30.5 Å². The minimum Gasteiger partial charge on any atom is -0.494 e. The molecule has 0 bridgehead atoms. The van der Waals surface area contributed by atoms with Crippen LogP contribution in [0.5, 0.6) is 5.75 Å². The Bertz CT molecular complexity index is 311. The first-order valence-electron chi connectivity index (χ1n) is 7.28. The van der Waals surface area contributed by atoms with Gasteiger partial charge >= 0.3 is 0 Å². The number of hydrogen-bond donors (Lipinski definition) is 1. The number of benzene rings is 1. The van der Waals surface area contributed by atoms with Crippen molar-refractivity contribution in [1.82, 2.24) is 5.32 Å². The fourth-order valence-electron chi connectivity index (χ4n) is 1.77. The molecule has 108 valence electrons. The molecule has 1 N–H and O–H groups in total. The second-order valence-electron chi connectivity index (χ2n) is 4.72. The summed E-state index contributed by atoms with van der Waals surface area (Å²) in [5.41, 5.74) is 1.30. The first kappa shape index (κ1) is 16.0. The molecule has 3 nitrogen and oxygen atoms in total. The summed E-state index contributed by atoms with van der Waals surface area (Å²) >= 11 is 0. The second kappa shape index (κ2) is 10.8. The Labute approximate surface area is 117 Å². The highest BCUT2D eigenvalue weighted by Crippen LogP contribution is 2.12. The molecule has 0 unspecified atom stereocenters. The number of unbranched alkanes of at least 4 members (excludes halogenated alkanes) is 2. The lowest BCUT2D eigenvalue weighted by Crippen LogP contribution is -2.15. The first-order chi connectivity index (χ1) is 9.36. The van der Waals surface area contributed by atoms with Crippen LogP contribution in [-0.4, -0.2) is 26.9 Å². The van der Waals surface area contributed by atoms with Gasteiger partial charge in [0.15, 0.2) is 0 Å². The minimum atomic E-state index is 0.813. The lowest BCUT2D eigenvalue weighted by Gasteiger charge is -2.07. The maximum absolute atomic E-state index is 5.64. The van der Waals surface area contributed by atoms with Crippen molar-refractivity contribution in [2.45, 2.75) is 39.2 Å². The molecule has 0 aliphatic rings. The van der Waals surface area contributed by atoms with E-state index in [9.17, 15) is 0 Å². The van der Waals surface area contributed by atoms with E-state index < -0.39 is 0 Å². The van der Waals surface area contributed by atoms with Crippen LogP contribution in [0.2, 0.25) is 0 Å². The summed E-state index contributed by atoms with van der Waals surface area (Å²) in [6.45, 7) is 5.80. The third-order valence-corrected chi connectivity index (χ3v) is 2.97. The fourth-order valence-corrected chi connectivity index (χ4v) is 1.77. The van der Waals surface area contributed by atoms with Crippen molar-refractivity contribution in [2.75, 3.05) is 26.9 Å². The van der Waals surface area contributed by atoms with E-state index in [-0.39, 0.29) is 0 Å². The van der Waals surface area contributed by atoms with Gasteiger partial charge in [-0.05, 0) is 43.5 Å². The molecule has 0 spiro atoms. The largest absolute Gasteiger partial charge is 0.494 e. The molecule has 3 heteroatoms. The summed E-state index contributed by atoms with van der Waals surface area (Å²) < 4.78 is 10.7. The molecule has 0 heterocycles. The van der Waals surface area contributed by atoms with Gasteiger partial charge in [-0.1, -0.05) is 25.5 Å². The molecular formula is C16H27NO2. The summed E-state index contributed by atoms with van der Waals surface area (Å²) in [7, 11) is 1.75. The maximum atomic E-state index is 5.64. The molecule has 0 saturated carbocycles. The Kier molecular flexibility index (Phi) is 9.11. The smallest absolute Gasteiger partial charge is 0.119 e. The zero-order valence-corrected chi connectivity index (χ0v) is 12.3. The molecule has 0 aromatic heterocycles. The van der Waals surface area contributed by atoms with Gasteiger partial charge in [-0.3, -0.25) is 0 Å². The molecular weight excluding hydrogens is 238 g/mol. The van der Waals surface area contributed by atoms with Gasteiger partial charge in [0.2, 0.25) is 0 Å². The van der Waals surface area contributed by atoms with Crippen LogP contribution in [0.3, 0.4) is 0 Å². The number of nitrogens with one attached hydrogen (secondary N) is 1. The monoisotopic (exact) mass is 265 g/mol. The van der Waals surface area contributed by atoms with Crippen LogP contribution < -0.4 is 10.1 Å². The quantitative estimate of drug-likeness (QED) is 0.622. The highest BCUT2D eigenvalue weighted by Gasteiger charge is 1.96. The minimum absolute atomic E-state index is 0.813. The van der Waals surface area contributed by atoms with Crippen molar-refractivity contribution < 1.29 is 9.47 Å². The molecule has 19 heavy (non-hydrogen) atoms. The van der Waals surface area contributed by atoms with Crippen molar-refractivity contribution in [3.63, 3.8) is 0 Å². The van der Waals surface area contributed by atoms with Crippen LogP contribution in [-0.2, 0) is 11.3 Å². The number of rotatable bonds is 11. The zero-order valence-electron chi connectivity index (χ0n) is 12.3. The molecule has 0 amide bonds. The van der Waals surface area contributed by atoms with Crippen LogP contribution >= 0.6 is 0 Å². The Balaban J connectivity index is 2.13. The molecule has 0 radical (unpaired) electrons. The van der Waals surface area contributed by atoms with Gasteiger partial charge in [0.25, 0.3) is 0 Å². The van der Waals surface area contributed by atoms with Crippen molar-refractivity contribution in [1.29, 1.82) is 0 Å². The Hall–Kier alpha value is -1.06. The lowest BCUT2D eigenvalue weighted by atomic mass is 10.2. The molecule has 0 aliphatic heterocycles. The van der Waals surface area contributed by atoms with Gasteiger partial charge in [0.1, 0.15) is 5.75 Å². The lowest BCUT2D eigenvalue weighted by molar-refractivity contribution is 0.192. The number of ether oxygens (including phenoxy) is 2. The summed E-state index contributed by atoms with van der Waals surface area (Å²) in [6.07, 6.45) is 4.57. The van der Waals surface area contributed by atoms with E-state index in [0.717, 1.165) is 51.3 Å².